The molecule has 1 aliphatic rings. The maximum Gasteiger partial charge on any atom is 0.211 e. The fraction of sp³-hybridized carbons (Fsp3) is 0.379. The molecule has 1 aliphatic heterocycles. The lowest BCUT2D eigenvalue weighted by atomic mass is 9.99. The van der Waals surface area contributed by atoms with Crippen molar-refractivity contribution in [1.29, 1.82) is 0 Å². The quantitative estimate of drug-likeness (QED) is 0.317. The molecule has 1 saturated heterocycles. The molecular weight excluding hydrogens is 512 g/mol. The van der Waals surface area contributed by atoms with E-state index in [2.05, 4.69) is 50.0 Å². The van der Waals surface area contributed by atoms with Crippen molar-refractivity contribution >= 4 is 26.7 Å². The van der Waals surface area contributed by atoms with E-state index in [9.17, 15) is 8.42 Å². The van der Waals surface area contributed by atoms with Gasteiger partial charge in [-0.15, -0.1) is 0 Å². The highest BCUT2D eigenvalue weighted by atomic mass is 32.2. The van der Waals surface area contributed by atoms with Crippen molar-refractivity contribution in [2.75, 3.05) is 44.4 Å². The van der Waals surface area contributed by atoms with Gasteiger partial charge in [-0.3, -0.25) is 4.90 Å². The van der Waals surface area contributed by atoms with Crippen molar-refractivity contribution < 1.29 is 13.2 Å². The molecule has 0 radical (unpaired) electrons. The highest BCUT2D eigenvalue weighted by Gasteiger charge is 2.28. The van der Waals surface area contributed by atoms with Gasteiger partial charge >= 0.3 is 0 Å². The average molecular weight is 549 g/mol. The van der Waals surface area contributed by atoms with Gasteiger partial charge in [-0.05, 0) is 35.2 Å². The number of benzene rings is 2. The van der Waals surface area contributed by atoms with Gasteiger partial charge in [-0.25, -0.2) is 18.4 Å². The molecule has 3 heterocycles. The van der Waals surface area contributed by atoms with Crippen molar-refractivity contribution in [3.63, 3.8) is 0 Å². The minimum Gasteiger partial charge on any atom is -0.491 e. The number of anilines is 1. The van der Waals surface area contributed by atoms with E-state index in [4.69, 9.17) is 4.74 Å². The molecule has 2 aromatic heterocycles. The Bertz CT molecular complexity index is 1500. The van der Waals surface area contributed by atoms with Crippen LogP contribution in [0.2, 0.25) is 0 Å². The van der Waals surface area contributed by atoms with Gasteiger partial charge in [0.2, 0.25) is 10.0 Å². The molecule has 5 rings (SSSR count). The molecule has 1 atom stereocenters. The molecule has 0 amide bonds. The van der Waals surface area contributed by atoms with Crippen LogP contribution in [-0.2, 0) is 23.1 Å². The number of hydrogen-bond donors (Lipinski definition) is 1. The maximum atomic E-state index is 12.6. The van der Waals surface area contributed by atoms with Crippen LogP contribution in [0.5, 0.6) is 5.75 Å². The second-order valence-electron chi connectivity index (χ2n) is 10.0. The van der Waals surface area contributed by atoms with Crippen molar-refractivity contribution in [2.24, 2.45) is 0 Å². The summed E-state index contributed by atoms with van der Waals surface area (Å²) in [5, 5.41) is 1.15. The summed E-state index contributed by atoms with van der Waals surface area (Å²) in [7, 11) is -1.74. The zero-order chi connectivity index (χ0) is 27.4. The van der Waals surface area contributed by atoms with E-state index in [0.717, 1.165) is 60.4 Å². The molecule has 0 saturated carbocycles. The van der Waals surface area contributed by atoms with Crippen molar-refractivity contribution in [2.45, 2.75) is 32.5 Å². The summed E-state index contributed by atoms with van der Waals surface area (Å²) in [6, 6.07) is 16.2. The largest absolute Gasteiger partial charge is 0.491 e. The molecule has 0 spiro atoms. The number of H-pyrrole nitrogens is 1. The summed E-state index contributed by atoms with van der Waals surface area (Å²) in [6.45, 7) is 6.38. The first-order valence-electron chi connectivity index (χ1n) is 13.3. The number of aromatic nitrogens is 3. The molecule has 1 unspecified atom stereocenters. The molecule has 9 nitrogen and oxygen atoms in total. The predicted octanol–water partition coefficient (Wildman–Crippen LogP) is 4.20. The third-order valence-electron chi connectivity index (χ3n) is 7.49. The zero-order valence-electron chi connectivity index (χ0n) is 22.7. The van der Waals surface area contributed by atoms with Gasteiger partial charge in [-0.1, -0.05) is 43.3 Å². The average Bonchev–Trinajstić information content (AvgIpc) is 3.36. The summed E-state index contributed by atoms with van der Waals surface area (Å²) < 4.78 is 32.3. The Morgan fingerprint density at radius 1 is 1.05 bits per heavy atom. The van der Waals surface area contributed by atoms with Gasteiger partial charge in [0.25, 0.3) is 0 Å². The van der Waals surface area contributed by atoms with Crippen LogP contribution in [0.3, 0.4) is 0 Å². The molecule has 10 heteroatoms. The smallest absolute Gasteiger partial charge is 0.211 e. The normalized spacial score (nSPS) is 15.6. The standard InChI is InChI=1S/C29H36N6O3S/c1-4-27(33-12-14-34(15-13-33)29-28(38-2)18-30-21-32-29)25-17-31-26-11-10-23(16-24(25)26)20-35(39(3,36)37)19-22-8-6-5-7-9-22/h5-11,16-18,21,27,31H,4,12-15,19-20H2,1-3H3. The van der Waals surface area contributed by atoms with Crippen LogP contribution in [0.25, 0.3) is 10.9 Å². The minimum absolute atomic E-state index is 0.249. The molecule has 1 N–H and O–H groups in total. The van der Waals surface area contributed by atoms with Crippen LogP contribution in [-0.4, -0.2) is 72.1 Å². The van der Waals surface area contributed by atoms with E-state index in [1.54, 1.807) is 19.6 Å². The molecular formula is C29H36N6O3S. The van der Waals surface area contributed by atoms with Crippen molar-refractivity contribution in [3.8, 4) is 5.75 Å². The molecule has 39 heavy (non-hydrogen) atoms. The molecule has 4 aromatic rings. The summed E-state index contributed by atoms with van der Waals surface area (Å²) in [5.41, 5.74) is 4.25. The van der Waals surface area contributed by atoms with Crippen molar-refractivity contribution in [1.82, 2.24) is 24.2 Å². The van der Waals surface area contributed by atoms with Crippen LogP contribution in [0.15, 0.2) is 67.3 Å². The Kier molecular flexibility index (Phi) is 8.15. The Morgan fingerprint density at radius 3 is 2.49 bits per heavy atom. The second-order valence-corrected chi connectivity index (χ2v) is 12.0. The predicted molar refractivity (Wildman–Crippen MR) is 154 cm³/mol. The Balaban J connectivity index is 1.35. The van der Waals surface area contributed by atoms with Gasteiger partial charge < -0.3 is 14.6 Å². The Morgan fingerprint density at radius 2 is 1.79 bits per heavy atom. The van der Waals surface area contributed by atoms with E-state index in [1.165, 1.54) is 16.1 Å². The third kappa shape index (κ3) is 6.08. The summed E-state index contributed by atoms with van der Waals surface area (Å²) >= 11 is 0. The molecule has 0 bridgehead atoms. The first kappa shape index (κ1) is 27.1. The monoisotopic (exact) mass is 548 g/mol. The van der Waals surface area contributed by atoms with Crippen LogP contribution in [0.1, 0.15) is 36.1 Å². The lowest BCUT2D eigenvalue weighted by Gasteiger charge is -2.39. The molecule has 0 aliphatic carbocycles. The number of nitrogens with zero attached hydrogens (tertiary/aromatic N) is 5. The lowest BCUT2D eigenvalue weighted by Crippen LogP contribution is -2.48. The topological polar surface area (TPSA) is 94.7 Å². The zero-order valence-corrected chi connectivity index (χ0v) is 23.6. The SMILES string of the molecule is CCC(c1c[nH]c2ccc(CN(Cc3ccccc3)S(C)(=O)=O)cc12)N1CCN(c2ncncc2OC)CC1. The summed E-state index contributed by atoms with van der Waals surface area (Å²) in [4.78, 5) is 16.7. The van der Waals surface area contributed by atoms with E-state index >= 15 is 0 Å². The van der Waals surface area contributed by atoms with Crippen LogP contribution in [0, 0.1) is 0 Å². The van der Waals surface area contributed by atoms with Gasteiger partial charge in [-0.2, -0.15) is 4.31 Å². The number of methoxy groups -OCH3 is 1. The number of aromatic amines is 1. The number of fused-ring (bicyclic) bond motifs is 1. The van der Waals surface area contributed by atoms with Crippen molar-refractivity contribution in [3.05, 3.63) is 83.9 Å². The lowest BCUT2D eigenvalue weighted by molar-refractivity contribution is 0.181. The third-order valence-corrected chi connectivity index (χ3v) is 8.68. The molecule has 1 fully saturated rings. The Labute approximate surface area is 230 Å². The fourth-order valence-corrected chi connectivity index (χ4v) is 6.22. The summed E-state index contributed by atoms with van der Waals surface area (Å²) in [5.74, 6) is 1.53. The van der Waals surface area contributed by atoms with Crippen LogP contribution < -0.4 is 9.64 Å². The van der Waals surface area contributed by atoms with E-state index in [-0.39, 0.29) is 6.04 Å². The minimum atomic E-state index is -3.39. The van der Waals surface area contributed by atoms with Gasteiger partial charge in [0.1, 0.15) is 6.33 Å². The Hall–Kier alpha value is -3.47. The van der Waals surface area contributed by atoms with Crippen LogP contribution in [0.4, 0.5) is 5.82 Å². The first-order valence-corrected chi connectivity index (χ1v) is 15.1. The van der Waals surface area contributed by atoms with Gasteiger partial charge in [0, 0.05) is 62.4 Å². The highest BCUT2D eigenvalue weighted by Crippen LogP contribution is 2.33. The molecule has 2 aromatic carbocycles. The van der Waals surface area contributed by atoms with E-state index < -0.39 is 10.0 Å². The first-order chi connectivity index (χ1) is 18.9. The number of piperazine rings is 1. The number of sulfonamides is 1. The fourth-order valence-electron chi connectivity index (χ4n) is 5.46. The number of hydrogen-bond acceptors (Lipinski definition) is 7. The highest BCUT2D eigenvalue weighted by molar-refractivity contribution is 7.88. The second kappa shape index (κ2) is 11.7. The van der Waals surface area contributed by atoms with Gasteiger partial charge in [0.05, 0.1) is 19.6 Å². The maximum absolute atomic E-state index is 12.6. The molecule has 206 valence electrons. The number of rotatable bonds is 10. The van der Waals surface area contributed by atoms with E-state index in [0.29, 0.717) is 18.8 Å². The number of nitrogens with one attached hydrogen (secondary N) is 1. The number of ether oxygens (including phenoxy) is 1. The van der Waals surface area contributed by atoms with E-state index in [1.807, 2.05) is 36.4 Å². The van der Waals surface area contributed by atoms with Crippen LogP contribution >= 0.6 is 0 Å². The summed E-state index contributed by atoms with van der Waals surface area (Å²) in [6.07, 6.45) is 7.63. The van der Waals surface area contributed by atoms with Gasteiger partial charge in [0.15, 0.2) is 11.6 Å².